The Labute approximate surface area is 206 Å². The van der Waals surface area contributed by atoms with E-state index >= 15 is 0 Å². The first-order chi connectivity index (χ1) is 16.5. The molecular weight excluding hydrogens is 470 g/mol. The highest BCUT2D eigenvalue weighted by molar-refractivity contribution is 8.26. The maximum atomic E-state index is 13.6. The van der Waals surface area contributed by atoms with Crippen molar-refractivity contribution >= 4 is 51.7 Å². The van der Waals surface area contributed by atoms with Crippen molar-refractivity contribution in [1.82, 2.24) is 19.2 Å². The van der Waals surface area contributed by atoms with Crippen LogP contribution in [0.2, 0.25) is 0 Å². The Morgan fingerprint density at radius 3 is 2.68 bits per heavy atom. The van der Waals surface area contributed by atoms with Gasteiger partial charge >= 0.3 is 0 Å². The summed E-state index contributed by atoms with van der Waals surface area (Å²) in [5.41, 5.74) is 1.76. The second-order valence-electron chi connectivity index (χ2n) is 8.31. The fourth-order valence-corrected chi connectivity index (χ4v) is 5.51. The topological polar surface area (TPSA) is 74.3 Å². The second-order valence-corrected chi connectivity index (χ2v) is 9.98. The number of thioether (sulfide) groups is 1. The standard InChI is InChI=1S/C24H25N5O3S2/c1-3-26-9-11-27(12-10-26)21-18(22(30)28-8-4-6-16(2)20(28)25-21)14-19-23(31)29(24(33)34-19)15-17-7-5-13-32-17/h4-8,13-14H,3,9-12,15H2,1-2H3. The van der Waals surface area contributed by atoms with Crippen molar-refractivity contribution in [3.8, 4) is 0 Å². The van der Waals surface area contributed by atoms with Gasteiger partial charge in [-0.3, -0.25) is 18.9 Å². The molecule has 10 heteroatoms. The summed E-state index contributed by atoms with van der Waals surface area (Å²) in [6.07, 6.45) is 4.94. The van der Waals surface area contributed by atoms with E-state index in [1.807, 2.05) is 19.1 Å². The molecule has 1 amide bonds. The number of pyridine rings is 1. The molecule has 3 aromatic rings. The highest BCUT2D eigenvalue weighted by Crippen LogP contribution is 2.34. The number of thiocarbonyl (C=S) groups is 1. The normalized spacial score (nSPS) is 18.6. The third-order valence-corrected chi connectivity index (χ3v) is 7.60. The minimum Gasteiger partial charge on any atom is -0.467 e. The summed E-state index contributed by atoms with van der Waals surface area (Å²) in [6.45, 7) is 8.67. The average molecular weight is 496 g/mol. The van der Waals surface area contributed by atoms with Gasteiger partial charge in [0.15, 0.2) is 0 Å². The van der Waals surface area contributed by atoms with Crippen LogP contribution in [-0.2, 0) is 11.3 Å². The van der Waals surface area contributed by atoms with Gasteiger partial charge in [0.1, 0.15) is 21.5 Å². The summed E-state index contributed by atoms with van der Waals surface area (Å²) in [4.78, 5) is 38.2. The van der Waals surface area contributed by atoms with Gasteiger partial charge in [-0.1, -0.05) is 37.0 Å². The molecule has 0 saturated carbocycles. The number of hydrogen-bond acceptors (Lipinski definition) is 8. The lowest BCUT2D eigenvalue weighted by Gasteiger charge is -2.35. The van der Waals surface area contributed by atoms with Crippen LogP contribution >= 0.6 is 24.0 Å². The van der Waals surface area contributed by atoms with Gasteiger partial charge in [-0.05, 0) is 43.3 Å². The summed E-state index contributed by atoms with van der Waals surface area (Å²) in [7, 11) is 0. The third kappa shape index (κ3) is 4.17. The molecule has 0 unspecified atom stereocenters. The van der Waals surface area contributed by atoms with E-state index in [0.717, 1.165) is 38.3 Å². The van der Waals surface area contributed by atoms with E-state index in [9.17, 15) is 9.59 Å². The SMILES string of the molecule is CCN1CCN(c2nc3c(C)cccn3c(=O)c2C=C2SC(=S)N(Cc3ccco3)C2=O)CC1. The molecule has 5 rings (SSSR count). The molecule has 0 radical (unpaired) electrons. The molecule has 2 saturated heterocycles. The Balaban J connectivity index is 1.57. The molecule has 0 bridgehead atoms. The molecule has 34 heavy (non-hydrogen) atoms. The van der Waals surface area contributed by atoms with E-state index in [-0.39, 0.29) is 18.0 Å². The van der Waals surface area contributed by atoms with Gasteiger partial charge in [0, 0.05) is 32.4 Å². The van der Waals surface area contributed by atoms with Crippen LogP contribution in [-0.4, -0.2) is 62.1 Å². The van der Waals surface area contributed by atoms with Crippen LogP contribution in [0.3, 0.4) is 0 Å². The van der Waals surface area contributed by atoms with Crippen LogP contribution in [0.1, 0.15) is 23.8 Å². The van der Waals surface area contributed by atoms with E-state index in [1.54, 1.807) is 35.1 Å². The smallest absolute Gasteiger partial charge is 0.267 e. The first-order valence-corrected chi connectivity index (χ1v) is 12.5. The number of nitrogens with zero attached hydrogens (tertiary/aromatic N) is 5. The predicted octanol–water partition coefficient (Wildman–Crippen LogP) is 3.14. The molecule has 5 heterocycles. The first kappa shape index (κ1) is 22.8. The van der Waals surface area contributed by atoms with Gasteiger partial charge < -0.3 is 14.2 Å². The van der Waals surface area contributed by atoms with Crippen LogP contribution in [0.15, 0.2) is 50.8 Å². The quantitative estimate of drug-likeness (QED) is 0.395. The summed E-state index contributed by atoms with van der Waals surface area (Å²) in [5, 5.41) is 0. The number of carbonyl (C=O) groups is 1. The number of amides is 1. The minimum atomic E-state index is -0.234. The number of piperazine rings is 1. The van der Waals surface area contributed by atoms with Crippen LogP contribution in [0.5, 0.6) is 0 Å². The Kier molecular flexibility index (Phi) is 6.28. The van der Waals surface area contributed by atoms with Gasteiger partial charge in [0.2, 0.25) is 0 Å². The maximum absolute atomic E-state index is 13.6. The number of anilines is 1. The van der Waals surface area contributed by atoms with Crippen molar-refractivity contribution in [3.05, 3.63) is 68.9 Å². The zero-order chi connectivity index (χ0) is 23.8. The Morgan fingerprint density at radius 1 is 1.18 bits per heavy atom. The largest absolute Gasteiger partial charge is 0.467 e. The van der Waals surface area contributed by atoms with Gasteiger partial charge in [-0.2, -0.15) is 0 Å². The lowest BCUT2D eigenvalue weighted by molar-refractivity contribution is -0.122. The van der Waals surface area contributed by atoms with Crippen molar-refractivity contribution in [2.75, 3.05) is 37.6 Å². The van der Waals surface area contributed by atoms with Gasteiger partial charge in [-0.25, -0.2) is 4.98 Å². The highest BCUT2D eigenvalue weighted by Gasteiger charge is 2.33. The van der Waals surface area contributed by atoms with Crippen LogP contribution in [0, 0.1) is 6.92 Å². The molecule has 2 aliphatic heterocycles. The van der Waals surface area contributed by atoms with Crippen molar-refractivity contribution in [1.29, 1.82) is 0 Å². The van der Waals surface area contributed by atoms with Crippen LogP contribution in [0.4, 0.5) is 5.82 Å². The highest BCUT2D eigenvalue weighted by atomic mass is 32.2. The van der Waals surface area contributed by atoms with E-state index in [2.05, 4.69) is 16.7 Å². The summed E-state index contributed by atoms with van der Waals surface area (Å²) < 4.78 is 7.38. The second kappa shape index (κ2) is 9.36. The van der Waals surface area contributed by atoms with E-state index in [4.69, 9.17) is 21.6 Å². The minimum absolute atomic E-state index is 0.196. The molecule has 2 fully saturated rings. The average Bonchev–Trinajstić information content (AvgIpc) is 3.45. The van der Waals surface area contributed by atoms with Crippen molar-refractivity contribution in [2.24, 2.45) is 0 Å². The molecule has 0 atom stereocenters. The number of hydrogen-bond donors (Lipinski definition) is 0. The summed E-state index contributed by atoms with van der Waals surface area (Å²) in [6, 6.07) is 7.35. The van der Waals surface area contributed by atoms with E-state index < -0.39 is 0 Å². The third-order valence-electron chi connectivity index (χ3n) is 6.23. The van der Waals surface area contributed by atoms with Gasteiger partial charge in [-0.15, -0.1) is 0 Å². The lowest BCUT2D eigenvalue weighted by atomic mass is 10.2. The summed E-state index contributed by atoms with van der Waals surface area (Å²) >= 11 is 6.67. The lowest BCUT2D eigenvalue weighted by Crippen LogP contribution is -2.47. The molecule has 176 valence electrons. The predicted molar refractivity (Wildman–Crippen MR) is 138 cm³/mol. The number of furan rings is 1. The van der Waals surface area contributed by atoms with Crippen molar-refractivity contribution in [3.63, 3.8) is 0 Å². The van der Waals surface area contributed by atoms with Crippen molar-refractivity contribution in [2.45, 2.75) is 20.4 Å². The monoisotopic (exact) mass is 495 g/mol. The molecule has 0 aliphatic carbocycles. The summed E-state index contributed by atoms with van der Waals surface area (Å²) in [5.74, 6) is 1.03. The zero-order valence-corrected chi connectivity index (χ0v) is 20.7. The molecule has 0 N–H and O–H groups in total. The maximum Gasteiger partial charge on any atom is 0.267 e. The molecular formula is C24H25N5O3S2. The van der Waals surface area contributed by atoms with Crippen molar-refractivity contribution < 1.29 is 9.21 Å². The van der Waals surface area contributed by atoms with Gasteiger partial charge in [0.05, 0.1) is 23.3 Å². The Morgan fingerprint density at radius 2 is 1.97 bits per heavy atom. The van der Waals surface area contributed by atoms with Crippen LogP contribution < -0.4 is 10.5 Å². The molecule has 8 nitrogen and oxygen atoms in total. The fraction of sp³-hybridized carbons (Fsp3) is 0.333. The molecule has 3 aromatic heterocycles. The number of aromatic nitrogens is 2. The number of likely N-dealkylation sites (N-methyl/N-ethyl adjacent to an activating group) is 1. The number of carbonyl (C=O) groups excluding carboxylic acids is 1. The molecule has 2 aliphatic rings. The number of fused-ring (bicyclic) bond motifs is 1. The number of aryl methyl sites for hydroxylation is 1. The fourth-order valence-electron chi connectivity index (χ4n) is 4.27. The van der Waals surface area contributed by atoms with Crippen LogP contribution in [0.25, 0.3) is 11.7 Å². The molecule has 0 spiro atoms. The Hall–Kier alpha value is -2.95. The van der Waals surface area contributed by atoms with Gasteiger partial charge in [0.25, 0.3) is 11.5 Å². The molecule has 0 aromatic carbocycles. The zero-order valence-electron chi connectivity index (χ0n) is 19.1. The number of rotatable bonds is 5. The first-order valence-electron chi connectivity index (χ1n) is 11.2. The van der Waals surface area contributed by atoms with E-state index in [1.165, 1.54) is 16.7 Å². The van der Waals surface area contributed by atoms with E-state index in [0.29, 0.717) is 32.0 Å². The Bertz CT molecular complexity index is 1340.